The number of amides is 2. The van der Waals surface area contributed by atoms with Gasteiger partial charge in [0.1, 0.15) is 12.1 Å². The van der Waals surface area contributed by atoms with E-state index in [1.807, 2.05) is 0 Å². The van der Waals surface area contributed by atoms with Gasteiger partial charge in [-0.3, -0.25) is 9.59 Å². The zero-order valence-electron chi connectivity index (χ0n) is 15.6. The van der Waals surface area contributed by atoms with Crippen LogP contribution < -0.4 is 10.6 Å². The Morgan fingerprint density at radius 2 is 1.11 bits per heavy atom. The fourth-order valence-corrected chi connectivity index (χ4v) is 3.22. The predicted octanol–water partition coefficient (Wildman–Crippen LogP) is -1.19. The van der Waals surface area contributed by atoms with E-state index in [9.17, 15) is 19.2 Å². The lowest BCUT2D eigenvalue weighted by molar-refractivity contribution is -0.144. The third-order valence-electron chi connectivity index (χ3n) is 2.93. The Morgan fingerprint density at radius 1 is 0.786 bits per heavy atom. The van der Waals surface area contributed by atoms with Gasteiger partial charge < -0.3 is 20.1 Å². The summed E-state index contributed by atoms with van der Waals surface area (Å²) in [7, 11) is 2.44. The summed E-state index contributed by atoms with van der Waals surface area (Å²) in [4.78, 5) is 45.6. The SMILES string of the molecule is COC(=O)[C@H](CSc1nnc(SC[C@H](NC(C)=O)C(=O)OC)nn1)NC(C)=O. The molecule has 0 bridgehead atoms. The van der Waals surface area contributed by atoms with Crippen LogP contribution in [0, 0.1) is 0 Å². The molecule has 0 unspecified atom stereocenters. The zero-order valence-corrected chi connectivity index (χ0v) is 17.3. The summed E-state index contributed by atoms with van der Waals surface area (Å²) in [6.45, 7) is 2.57. The topological polar surface area (TPSA) is 162 Å². The fourth-order valence-electron chi connectivity index (χ4n) is 1.75. The molecule has 1 heterocycles. The van der Waals surface area contributed by atoms with E-state index in [1.54, 1.807) is 0 Å². The first kappa shape index (κ1) is 23.6. The van der Waals surface area contributed by atoms with E-state index in [-0.39, 0.29) is 33.6 Å². The third kappa shape index (κ3) is 8.47. The van der Waals surface area contributed by atoms with Crippen molar-refractivity contribution in [3.05, 3.63) is 0 Å². The molecule has 154 valence electrons. The number of hydrogen-bond acceptors (Lipinski definition) is 12. The van der Waals surface area contributed by atoms with E-state index in [0.29, 0.717) is 0 Å². The van der Waals surface area contributed by atoms with Crippen LogP contribution in [0.3, 0.4) is 0 Å². The van der Waals surface area contributed by atoms with Crippen molar-refractivity contribution in [1.29, 1.82) is 0 Å². The summed E-state index contributed by atoms with van der Waals surface area (Å²) in [5, 5.41) is 20.8. The molecule has 1 aromatic heterocycles. The first-order valence-electron chi connectivity index (χ1n) is 7.79. The van der Waals surface area contributed by atoms with Crippen molar-refractivity contribution in [3.8, 4) is 0 Å². The van der Waals surface area contributed by atoms with Crippen LogP contribution >= 0.6 is 23.5 Å². The largest absolute Gasteiger partial charge is 0.467 e. The van der Waals surface area contributed by atoms with Gasteiger partial charge in [-0.2, -0.15) is 0 Å². The van der Waals surface area contributed by atoms with Gasteiger partial charge >= 0.3 is 11.9 Å². The molecule has 0 saturated carbocycles. The highest BCUT2D eigenvalue weighted by Gasteiger charge is 2.22. The lowest BCUT2D eigenvalue weighted by Crippen LogP contribution is -2.42. The number of nitrogens with zero attached hydrogens (tertiary/aromatic N) is 4. The average molecular weight is 432 g/mol. The molecule has 12 nitrogen and oxygen atoms in total. The number of rotatable bonds is 10. The molecule has 0 aliphatic heterocycles. The first-order valence-corrected chi connectivity index (χ1v) is 9.76. The van der Waals surface area contributed by atoms with Crippen molar-refractivity contribution >= 4 is 47.3 Å². The van der Waals surface area contributed by atoms with Crippen molar-refractivity contribution in [1.82, 2.24) is 31.0 Å². The van der Waals surface area contributed by atoms with Crippen LogP contribution in [0.2, 0.25) is 0 Å². The molecular formula is C14H20N6O6S2. The zero-order chi connectivity index (χ0) is 21.1. The van der Waals surface area contributed by atoms with Gasteiger partial charge in [0, 0.05) is 25.4 Å². The number of aromatic nitrogens is 4. The Balaban J connectivity index is 2.62. The monoisotopic (exact) mass is 432 g/mol. The van der Waals surface area contributed by atoms with Gasteiger partial charge in [0.15, 0.2) is 0 Å². The molecule has 0 spiro atoms. The highest BCUT2D eigenvalue weighted by Crippen LogP contribution is 2.16. The molecule has 0 aromatic carbocycles. The van der Waals surface area contributed by atoms with E-state index in [4.69, 9.17) is 0 Å². The smallest absolute Gasteiger partial charge is 0.329 e. The Hall–Kier alpha value is -2.48. The molecule has 0 fully saturated rings. The quantitative estimate of drug-likeness (QED) is 0.336. The minimum Gasteiger partial charge on any atom is -0.467 e. The van der Waals surface area contributed by atoms with E-state index in [2.05, 4.69) is 40.5 Å². The molecule has 2 amide bonds. The average Bonchev–Trinajstić information content (AvgIpc) is 2.67. The summed E-state index contributed by atoms with van der Waals surface area (Å²) >= 11 is 2.12. The van der Waals surface area contributed by atoms with Crippen molar-refractivity contribution in [2.45, 2.75) is 36.2 Å². The second kappa shape index (κ2) is 12.1. The highest BCUT2D eigenvalue weighted by atomic mass is 32.2. The minimum atomic E-state index is -0.858. The number of esters is 2. The van der Waals surface area contributed by atoms with Crippen molar-refractivity contribution < 1.29 is 28.7 Å². The normalized spacial score (nSPS) is 12.4. The second-order valence-corrected chi connectivity index (χ2v) is 7.11. The third-order valence-corrected chi connectivity index (χ3v) is 4.77. The number of carbonyl (C=O) groups excluding carboxylic acids is 4. The summed E-state index contributed by atoms with van der Waals surface area (Å²) in [5.74, 6) is -1.67. The van der Waals surface area contributed by atoms with Gasteiger partial charge in [0.2, 0.25) is 22.1 Å². The highest BCUT2D eigenvalue weighted by molar-refractivity contribution is 7.99. The summed E-state index contributed by atoms with van der Waals surface area (Å²) in [6, 6.07) is -1.72. The summed E-state index contributed by atoms with van der Waals surface area (Å²) < 4.78 is 9.24. The Bertz CT molecular complexity index is 645. The Labute approximate surface area is 169 Å². The van der Waals surface area contributed by atoms with Crippen LogP contribution in [0.25, 0.3) is 0 Å². The molecule has 1 aromatic rings. The molecule has 0 aliphatic rings. The first-order chi connectivity index (χ1) is 13.3. The predicted molar refractivity (Wildman–Crippen MR) is 98.3 cm³/mol. The standard InChI is InChI=1S/C14H20N6O6S2/c1-7(21)15-9(11(23)25-3)5-27-13-17-19-14(20-18-13)28-6-10(12(24)26-4)16-8(2)22/h9-10H,5-6H2,1-4H3,(H,15,21)(H,16,22)/t9-,10-/m0/s1. The van der Waals surface area contributed by atoms with Crippen LogP contribution in [0.5, 0.6) is 0 Å². The number of methoxy groups -OCH3 is 2. The van der Waals surface area contributed by atoms with Crippen LogP contribution in [0.15, 0.2) is 10.3 Å². The molecule has 28 heavy (non-hydrogen) atoms. The van der Waals surface area contributed by atoms with E-state index in [0.717, 1.165) is 23.5 Å². The fraction of sp³-hybridized carbons (Fsp3) is 0.571. The molecule has 2 N–H and O–H groups in total. The molecular weight excluding hydrogens is 412 g/mol. The van der Waals surface area contributed by atoms with Gasteiger partial charge in [0.05, 0.1) is 14.2 Å². The lowest BCUT2D eigenvalue weighted by atomic mass is 10.3. The number of hydrogen-bond donors (Lipinski definition) is 2. The molecule has 1 rings (SSSR count). The molecule has 0 aliphatic carbocycles. The van der Waals surface area contributed by atoms with Gasteiger partial charge in [-0.05, 0) is 0 Å². The van der Waals surface area contributed by atoms with Crippen molar-refractivity contribution in [2.75, 3.05) is 25.7 Å². The minimum absolute atomic E-state index is 0.134. The van der Waals surface area contributed by atoms with Gasteiger partial charge in [-0.25, -0.2) is 9.59 Å². The van der Waals surface area contributed by atoms with E-state index >= 15 is 0 Å². The Morgan fingerprint density at radius 3 is 1.36 bits per heavy atom. The maximum absolute atomic E-state index is 11.6. The Kier molecular flexibility index (Phi) is 10.2. The lowest BCUT2D eigenvalue weighted by Gasteiger charge is -2.14. The molecule has 14 heteroatoms. The molecule has 0 saturated heterocycles. The van der Waals surface area contributed by atoms with Gasteiger partial charge in [0.25, 0.3) is 0 Å². The van der Waals surface area contributed by atoms with Crippen molar-refractivity contribution in [2.24, 2.45) is 0 Å². The van der Waals surface area contributed by atoms with Crippen LogP contribution in [-0.2, 0) is 28.7 Å². The number of nitrogens with one attached hydrogen (secondary N) is 2. The maximum Gasteiger partial charge on any atom is 0.329 e. The molecule has 2 atom stereocenters. The van der Waals surface area contributed by atoms with Gasteiger partial charge in [-0.15, -0.1) is 20.4 Å². The second-order valence-electron chi connectivity index (χ2n) is 5.14. The maximum atomic E-state index is 11.6. The van der Waals surface area contributed by atoms with Crippen LogP contribution in [-0.4, -0.2) is 82.0 Å². The number of thioether (sulfide) groups is 2. The van der Waals surface area contributed by atoms with E-state index < -0.39 is 24.0 Å². The van der Waals surface area contributed by atoms with E-state index in [1.165, 1.54) is 28.1 Å². The summed E-state index contributed by atoms with van der Waals surface area (Å²) in [5.41, 5.74) is 0. The van der Waals surface area contributed by atoms with Crippen LogP contribution in [0.1, 0.15) is 13.8 Å². The summed E-state index contributed by atoms with van der Waals surface area (Å²) in [6.07, 6.45) is 0. The molecule has 0 radical (unpaired) electrons. The van der Waals surface area contributed by atoms with Crippen LogP contribution in [0.4, 0.5) is 0 Å². The van der Waals surface area contributed by atoms with Gasteiger partial charge in [-0.1, -0.05) is 23.5 Å². The van der Waals surface area contributed by atoms with Crippen molar-refractivity contribution in [3.63, 3.8) is 0 Å². The number of carbonyl (C=O) groups is 4. The number of ether oxygens (including phenoxy) is 2.